The maximum atomic E-state index is 10.3. The largest absolute Gasteiger partial charge is 0.414 e. The van der Waals surface area contributed by atoms with Gasteiger partial charge in [-0.1, -0.05) is 12.2 Å². The van der Waals surface area contributed by atoms with Crippen LogP contribution in [0.4, 0.5) is 0 Å². The fourth-order valence-corrected chi connectivity index (χ4v) is 5.50. The van der Waals surface area contributed by atoms with Crippen LogP contribution in [0.5, 0.6) is 0 Å². The van der Waals surface area contributed by atoms with E-state index in [1.165, 1.54) is 0 Å². The normalized spacial score (nSPS) is 47.4. The minimum absolute atomic E-state index is 0.108. The van der Waals surface area contributed by atoms with Crippen molar-refractivity contribution in [2.24, 2.45) is 5.41 Å². The molecule has 1 unspecified atom stereocenters. The molecule has 3 rings (SSSR count). The van der Waals surface area contributed by atoms with Crippen molar-refractivity contribution in [1.82, 2.24) is 0 Å². The fraction of sp³-hybridized carbons (Fsp3) is 0.857. The van der Waals surface area contributed by atoms with Crippen LogP contribution >= 0.6 is 0 Å². The third-order valence-corrected chi connectivity index (χ3v) is 5.94. The van der Waals surface area contributed by atoms with Crippen molar-refractivity contribution in [2.75, 3.05) is 0 Å². The third-order valence-electron chi connectivity index (χ3n) is 4.95. The molecule has 0 amide bonds. The number of hydrogen-bond donors (Lipinski definition) is 1. The molecule has 0 bridgehead atoms. The Bertz CT molecular complexity index is 385. The Balaban J connectivity index is 1.97. The van der Waals surface area contributed by atoms with E-state index in [2.05, 4.69) is 26.2 Å². The van der Waals surface area contributed by atoms with Crippen molar-refractivity contribution in [2.45, 2.75) is 69.7 Å². The highest BCUT2D eigenvalue weighted by atomic mass is 28.4. The van der Waals surface area contributed by atoms with Crippen LogP contribution < -0.4 is 0 Å². The summed E-state index contributed by atoms with van der Waals surface area (Å²) in [6.07, 6.45) is 4.61. The molecule has 4 heteroatoms. The van der Waals surface area contributed by atoms with Crippen LogP contribution in [0.25, 0.3) is 0 Å². The highest BCUT2D eigenvalue weighted by Gasteiger charge is 2.75. The van der Waals surface area contributed by atoms with Gasteiger partial charge >= 0.3 is 0 Å². The predicted molar refractivity (Wildman–Crippen MR) is 72.7 cm³/mol. The lowest BCUT2D eigenvalue weighted by Crippen LogP contribution is -2.74. The standard InChI is InChI=1S/C14H24O3Si/c1-10-7-9-13-8-5-6-11(17-18(2,3)4)14(10,13)12(15)16-13/h11-12,15H,1,5-9H2,2-4H3/t11-,12?,13-,14+/m1/s1. The second-order valence-corrected chi connectivity index (χ2v) is 11.5. The molecule has 18 heavy (non-hydrogen) atoms. The lowest BCUT2D eigenvalue weighted by molar-refractivity contribution is -0.397. The van der Waals surface area contributed by atoms with Crippen molar-refractivity contribution < 1.29 is 14.3 Å². The quantitative estimate of drug-likeness (QED) is 0.618. The van der Waals surface area contributed by atoms with E-state index >= 15 is 0 Å². The summed E-state index contributed by atoms with van der Waals surface area (Å²) in [4.78, 5) is 0. The number of hydrogen-bond acceptors (Lipinski definition) is 3. The molecule has 1 heterocycles. The van der Waals surface area contributed by atoms with E-state index in [0.29, 0.717) is 0 Å². The van der Waals surface area contributed by atoms with Crippen molar-refractivity contribution in [1.29, 1.82) is 0 Å². The molecule has 3 nitrogen and oxygen atoms in total. The molecule has 1 N–H and O–H groups in total. The van der Waals surface area contributed by atoms with E-state index in [1.807, 2.05) is 0 Å². The van der Waals surface area contributed by atoms with Crippen LogP contribution in [0.2, 0.25) is 19.6 Å². The summed E-state index contributed by atoms with van der Waals surface area (Å²) in [6, 6.07) is 0. The van der Waals surface area contributed by atoms with Gasteiger partial charge in [-0.25, -0.2) is 0 Å². The van der Waals surface area contributed by atoms with E-state index in [4.69, 9.17) is 9.16 Å². The maximum absolute atomic E-state index is 10.3. The van der Waals surface area contributed by atoms with E-state index in [9.17, 15) is 5.11 Å². The number of aliphatic hydroxyl groups is 1. The monoisotopic (exact) mass is 268 g/mol. The van der Waals surface area contributed by atoms with Crippen molar-refractivity contribution in [3.63, 3.8) is 0 Å². The highest BCUT2D eigenvalue weighted by Crippen LogP contribution is 2.69. The third kappa shape index (κ3) is 1.40. The van der Waals surface area contributed by atoms with Crippen molar-refractivity contribution >= 4 is 8.32 Å². The van der Waals surface area contributed by atoms with Gasteiger partial charge in [0.25, 0.3) is 0 Å². The van der Waals surface area contributed by atoms with Gasteiger partial charge in [0, 0.05) is 0 Å². The van der Waals surface area contributed by atoms with Crippen molar-refractivity contribution in [3.05, 3.63) is 12.2 Å². The fourth-order valence-electron chi connectivity index (χ4n) is 4.34. The highest BCUT2D eigenvalue weighted by molar-refractivity contribution is 6.69. The average Bonchev–Trinajstić information content (AvgIpc) is 2.46. The van der Waals surface area contributed by atoms with Gasteiger partial charge in [-0.05, 0) is 51.7 Å². The topological polar surface area (TPSA) is 38.7 Å². The summed E-state index contributed by atoms with van der Waals surface area (Å²) >= 11 is 0. The molecule has 3 aliphatic rings. The van der Waals surface area contributed by atoms with Gasteiger partial charge in [0.1, 0.15) is 0 Å². The number of rotatable bonds is 2. The summed E-state index contributed by atoms with van der Waals surface area (Å²) in [5.41, 5.74) is 0.696. The predicted octanol–water partition coefficient (Wildman–Crippen LogP) is 2.81. The summed E-state index contributed by atoms with van der Waals surface area (Å²) in [5.74, 6) is 0. The molecule has 4 atom stereocenters. The van der Waals surface area contributed by atoms with Crippen LogP contribution in [-0.2, 0) is 9.16 Å². The molecule has 0 spiro atoms. The van der Waals surface area contributed by atoms with E-state index in [1.54, 1.807) is 0 Å². The zero-order chi connectivity index (χ0) is 13.2. The first-order valence-electron chi connectivity index (χ1n) is 7.04. The Hall–Kier alpha value is -0.163. The second kappa shape index (κ2) is 3.69. The lowest BCUT2D eigenvalue weighted by Gasteiger charge is -2.64. The van der Waals surface area contributed by atoms with Gasteiger partial charge in [0.15, 0.2) is 14.6 Å². The van der Waals surface area contributed by atoms with Gasteiger partial charge in [-0.2, -0.15) is 0 Å². The second-order valence-electron chi connectivity index (χ2n) is 7.05. The maximum Gasteiger partial charge on any atom is 0.184 e. The average molecular weight is 268 g/mol. The molecule has 2 saturated carbocycles. The van der Waals surface area contributed by atoms with Crippen LogP contribution in [0.15, 0.2) is 12.2 Å². The van der Waals surface area contributed by atoms with Gasteiger partial charge in [0.05, 0.1) is 17.1 Å². The Morgan fingerprint density at radius 3 is 2.72 bits per heavy atom. The minimum atomic E-state index is -1.62. The Kier molecular flexibility index (Phi) is 2.63. The summed E-state index contributed by atoms with van der Waals surface area (Å²) < 4.78 is 12.2. The van der Waals surface area contributed by atoms with Gasteiger partial charge < -0.3 is 14.3 Å². The Morgan fingerprint density at radius 1 is 1.39 bits per heavy atom. The van der Waals surface area contributed by atoms with E-state index < -0.39 is 14.6 Å². The molecular formula is C14H24O3Si. The molecule has 0 aromatic rings. The van der Waals surface area contributed by atoms with Crippen LogP contribution in [-0.4, -0.2) is 31.4 Å². The Labute approximate surface area is 110 Å². The smallest absolute Gasteiger partial charge is 0.184 e. The first-order valence-corrected chi connectivity index (χ1v) is 10.4. The van der Waals surface area contributed by atoms with Gasteiger partial charge in [-0.3, -0.25) is 0 Å². The first kappa shape index (κ1) is 12.8. The Morgan fingerprint density at radius 2 is 2.11 bits per heavy atom. The van der Waals surface area contributed by atoms with Crippen LogP contribution in [0, 0.1) is 5.41 Å². The number of aliphatic hydroxyl groups excluding tert-OH is 1. The molecular weight excluding hydrogens is 244 g/mol. The van der Waals surface area contributed by atoms with Crippen LogP contribution in [0.1, 0.15) is 32.1 Å². The molecule has 102 valence electrons. The molecule has 0 aromatic carbocycles. The zero-order valence-corrected chi connectivity index (χ0v) is 12.7. The van der Waals surface area contributed by atoms with Gasteiger partial charge in [0.2, 0.25) is 0 Å². The SMILES string of the molecule is C=C1CC[C@]23CCC[C@@H](O[Si](C)(C)C)[C@]12C(O)O3. The lowest BCUT2D eigenvalue weighted by atomic mass is 9.57. The molecule has 0 radical (unpaired) electrons. The summed E-state index contributed by atoms with van der Waals surface area (Å²) in [6.45, 7) is 10.9. The molecule has 1 saturated heterocycles. The van der Waals surface area contributed by atoms with Crippen molar-refractivity contribution in [3.8, 4) is 0 Å². The van der Waals surface area contributed by atoms with E-state index in [-0.39, 0.29) is 17.1 Å². The molecule has 3 fully saturated rings. The van der Waals surface area contributed by atoms with Crippen LogP contribution in [0.3, 0.4) is 0 Å². The summed E-state index contributed by atoms with van der Waals surface area (Å²) in [7, 11) is -1.62. The first-order chi connectivity index (χ1) is 8.32. The van der Waals surface area contributed by atoms with Gasteiger partial charge in [-0.15, -0.1) is 0 Å². The molecule has 2 aliphatic carbocycles. The summed E-state index contributed by atoms with van der Waals surface area (Å²) in [5, 5.41) is 10.3. The molecule has 1 aliphatic heterocycles. The number of ether oxygens (including phenoxy) is 1. The van der Waals surface area contributed by atoms with E-state index in [0.717, 1.165) is 37.7 Å². The zero-order valence-electron chi connectivity index (χ0n) is 11.7. The minimum Gasteiger partial charge on any atom is -0.414 e. The molecule has 0 aromatic heterocycles.